The number of primary amides is 1. The van der Waals surface area contributed by atoms with Gasteiger partial charge in [0.1, 0.15) is 6.04 Å². The van der Waals surface area contributed by atoms with E-state index in [1.807, 2.05) is 153 Å². The highest BCUT2D eigenvalue weighted by Crippen LogP contribution is 2.28. The largest absolute Gasteiger partial charge is 0.394 e. The molecule has 0 radical (unpaired) electrons. The number of carbonyl (C=O) groups is 10. The number of aromatic amines is 5. The van der Waals surface area contributed by atoms with Crippen molar-refractivity contribution >= 4 is 175 Å². The summed E-state index contributed by atoms with van der Waals surface area (Å²) in [6, 6.07) is 81.6. The molecule has 37 heteroatoms. The zero-order chi connectivity index (χ0) is 94.1. The fourth-order valence-corrected chi connectivity index (χ4v) is 14.5. The average molecular weight is 1830 g/mol. The lowest BCUT2D eigenvalue weighted by Gasteiger charge is -2.19. The third-order valence-electron chi connectivity index (χ3n) is 20.1. The number of fused-ring (bicyclic) bond motifs is 5. The number of nitrogens with two attached hydrogens (primary N) is 1. The van der Waals surface area contributed by atoms with E-state index in [9.17, 15) is 66.6 Å². The molecule has 0 aliphatic rings. The number of hydrogen-bond acceptors (Lipinski definition) is 20. The maximum absolute atomic E-state index is 12.8. The molecule has 10 amide bonds. The van der Waals surface area contributed by atoms with Gasteiger partial charge in [-0.05, 0) is 182 Å². The number of anilines is 7. The van der Waals surface area contributed by atoms with E-state index < -0.39 is 39.8 Å². The third kappa shape index (κ3) is 25.2. The van der Waals surface area contributed by atoms with E-state index in [0.29, 0.717) is 112 Å². The zero-order valence-electron chi connectivity index (χ0n) is 71.6. The second-order valence-corrected chi connectivity index (χ2v) is 32.9. The molecular formula is C96H89N21O14S2. The Morgan fingerprint density at radius 2 is 0.669 bits per heavy atom. The van der Waals surface area contributed by atoms with Gasteiger partial charge in [0.25, 0.3) is 47.3 Å². The molecule has 0 saturated heterocycles. The first-order chi connectivity index (χ1) is 64.2. The van der Waals surface area contributed by atoms with Crippen LogP contribution in [0.5, 0.6) is 0 Å². The molecule has 0 spiro atoms. The van der Waals surface area contributed by atoms with E-state index >= 15 is 0 Å². The molecule has 6 aromatic heterocycles. The molecule has 11 aromatic carbocycles. The van der Waals surface area contributed by atoms with E-state index in [-0.39, 0.29) is 95.0 Å². The van der Waals surface area contributed by atoms with Gasteiger partial charge in [-0.2, -0.15) is 25.5 Å². The summed E-state index contributed by atoms with van der Waals surface area (Å²) in [5, 5.41) is 83.1. The summed E-state index contributed by atoms with van der Waals surface area (Å²) in [7, 11) is -3.39. The van der Waals surface area contributed by atoms with Crippen molar-refractivity contribution in [2.24, 2.45) is 11.7 Å². The number of sulfonamides is 1. The summed E-state index contributed by atoms with van der Waals surface area (Å²) in [5.74, 6) is -3.57. The molecule has 35 nitrogen and oxygen atoms in total. The predicted molar refractivity (Wildman–Crippen MR) is 511 cm³/mol. The lowest BCUT2D eigenvalue weighted by atomic mass is 10.0. The van der Waals surface area contributed by atoms with Crippen LogP contribution in [0.2, 0.25) is 0 Å². The average Bonchev–Trinajstić information content (AvgIpc) is 1.70. The highest BCUT2D eigenvalue weighted by Gasteiger charge is 2.25. The van der Waals surface area contributed by atoms with Crippen molar-refractivity contribution in [3.05, 3.63) is 346 Å². The summed E-state index contributed by atoms with van der Waals surface area (Å²) in [4.78, 5) is 124. The number of para-hydroxylation sites is 5. The van der Waals surface area contributed by atoms with Crippen molar-refractivity contribution in [2.75, 3.05) is 56.1 Å². The van der Waals surface area contributed by atoms with Crippen LogP contribution in [0.1, 0.15) is 121 Å². The summed E-state index contributed by atoms with van der Waals surface area (Å²) in [6.07, 6.45) is 1.39. The van der Waals surface area contributed by atoms with Crippen molar-refractivity contribution in [1.82, 2.24) is 66.9 Å². The smallest absolute Gasteiger partial charge is 0.276 e. The minimum absolute atomic E-state index is 0.101. The van der Waals surface area contributed by atoms with Gasteiger partial charge in [-0.1, -0.05) is 141 Å². The number of H-pyrrole nitrogens is 5. The van der Waals surface area contributed by atoms with E-state index in [4.69, 9.17) is 5.73 Å². The first kappa shape index (κ1) is 93.5. The fraction of sp³-hybridized carbons (Fsp3) is 0.115. The fourth-order valence-electron chi connectivity index (χ4n) is 13.2. The Bertz CT molecular complexity index is 7120. The normalized spacial score (nSPS) is 11.5. The number of nitrogens with zero attached hydrogens (tertiary/aromatic N) is 5. The van der Waals surface area contributed by atoms with Crippen molar-refractivity contribution in [3.8, 4) is 0 Å². The number of carbonyl (C=O) groups excluding carboxylic acids is 10. The number of aromatic nitrogens is 10. The summed E-state index contributed by atoms with van der Waals surface area (Å²) >= 11 is 1.54. The molecule has 17 rings (SSSR count). The first-order valence-corrected chi connectivity index (χ1v) is 44.0. The van der Waals surface area contributed by atoms with Gasteiger partial charge >= 0.3 is 0 Å². The van der Waals surface area contributed by atoms with Gasteiger partial charge in [-0.15, -0.1) is 11.3 Å². The van der Waals surface area contributed by atoms with E-state index in [1.54, 1.807) is 163 Å². The Hall–Kier alpha value is -17.2. The van der Waals surface area contributed by atoms with Gasteiger partial charge in [-0.25, -0.2) is 8.42 Å². The number of rotatable bonds is 26. The number of benzene rings is 11. The maximum Gasteiger partial charge on any atom is 0.276 e. The van der Waals surface area contributed by atoms with Gasteiger partial charge in [0, 0.05) is 88.3 Å². The summed E-state index contributed by atoms with van der Waals surface area (Å²) in [6.45, 7) is 4.98. The van der Waals surface area contributed by atoms with Crippen molar-refractivity contribution in [2.45, 2.75) is 45.3 Å². The number of amides is 10. The van der Waals surface area contributed by atoms with Crippen LogP contribution in [-0.4, -0.2) is 160 Å². The molecular weight excluding hydrogens is 1740 g/mol. The lowest BCUT2D eigenvalue weighted by molar-refractivity contribution is -0.119. The van der Waals surface area contributed by atoms with E-state index in [2.05, 4.69) is 104 Å². The standard InChI is InChI=1S/C23H20N4O3.C20H22N4O3.C20H16N4O2S.C18H17N5O3.C15H14N4O3S/c28-14-20(15-7-3-1-4-8-15)25-22(29)16-11-12-19-18(13-16)21(27-26-19)23(30)24-17-9-5-2-6-10-17;1-12(2)17(11-25)22-19(26)13-8-9-16-15(10-13)18(24-23-16)20(27)21-14-6-4-3-5-7-14;25-18(12-15-7-4-10-27-15)21-14-8-9-17-16(11-14)19(24-23-17)20(26)22-13-5-2-1-3-6-13;1-10(16(19)24)20-17(25)11-7-8-14-13(9-11)15(23-22-14)18(26)21-12-5-3-2-4-6-12;1-23(21,22)19-11-7-8-13-12(9-11)14(18-17-13)15(20)16-10-5-3-2-4-6-10/h1-13,20,28H,14H2,(H,24,30)(H,25,29)(H,26,27);3-10,12,17,25H,11H2,1-2H3,(H,21,27)(H,22,26)(H,23,24);1-11H,12H2,(H,21,25)(H,22,26)(H,23,24);2-10H,1H3,(H2,19,24)(H,20,25)(H,21,26)(H,22,23);2-9,19H,1H3,(H,16,20)(H,17,18)/t20-;17-;;10-;/m11.0./s1. The van der Waals surface area contributed by atoms with Crippen LogP contribution in [0.4, 0.5) is 39.8 Å². The molecule has 3 atom stereocenters. The number of nitrogens with one attached hydrogen (secondary N) is 15. The highest BCUT2D eigenvalue weighted by molar-refractivity contribution is 7.92. The topological polar surface area (TPSA) is 535 Å². The highest BCUT2D eigenvalue weighted by atomic mass is 32.2. The minimum Gasteiger partial charge on any atom is -0.394 e. The molecule has 17 aromatic rings. The molecule has 6 heterocycles. The summed E-state index contributed by atoms with van der Waals surface area (Å²) in [5.41, 5.74) is 15.7. The number of aliphatic hydroxyl groups is 2. The number of thiophene rings is 1. The maximum atomic E-state index is 12.8. The zero-order valence-corrected chi connectivity index (χ0v) is 73.2. The Morgan fingerprint density at radius 1 is 0.353 bits per heavy atom. The number of aliphatic hydroxyl groups excluding tert-OH is 2. The van der Waals surface area contributed by atoms with Crippen LogP contribution in [-0.2, 0) is 26.0 Å². The van der Waals surface area contributed by atoms with Crippen molar-refractivity contribution in [3.63, 3.8) is 0 Å². The monoisotopic (exact) mass is 1820 g/mol. The quantitative estimate of drug-likeness (QED) is 0.0239. The number of hydrogen-bond donors (Lipinski definition) is 18. The Kier molecular flexibility index (Phi) is 31.0. The van der Waals surface area contributed by atoms with Gasteiger partial charge in [0.15, 0.2) is 28.5 Å². The van der Waals surface area contributed by atoms with Gasteiger partial charge < -0.3 is 63.8 Å². The Morgan fingerprint density at radius 3 is 0.985 bits per heavy atom. The van der Waals surface area contributed by atoms with Gasteiger partial charge in [0.05, 0.1) is 65.6 Å². The molecule has 0 saturated carbocycles. The van der Waals surface area contributed by atoms with Crippen LogP contribution >= 0.6 is 11.3 Å². The second kappa shape index (κ2) is 44.0. The van der Waals surface area contributed by atoms with Gasteiger partial charge in [0.2, 0.25) is 21.8 Å². The van der Waals surface area contributed by atoms with E-state index in [0.717, 1.165) is 22.2 Å². The van der Waals surface area contributed by atoms with Crippen LogP contribution in [0.3, 0.4) is 0 Å². The first-order valence-electron chi connectivity index (χ1n) is 41.2. The molecule has 0 bridgehead atoms. The molecule has 0 aliphatic heterocycles. The van der Waals surface area contributed by atoms with Crippen LogP contribution in [0, 0.1) is 5.92 Å². The third-order valence-corrected chi connectivity index (χ3v) is 21.6. The van der Waals surface area contributed by atoms with Crippen LogP contribution in [0.15, 0.2) is 290 Å². The van der Waals surface area contributed by atoms with Gasteiger partial charge in [-0.3, -0.25) is 78.2 Å². The SMILES string of the molecule is CC(C)[C@@H](CO)NC(=O)c1ccc2[nH]nc(C(=O)Nc3ccccc3)c2c1.CS(=O)(=O)Nc1ccc2[nH]nc(C(=O)Nc3ccccc3)c2c1.C[C@H](NC(=O)c1ccc2[nH]nc(C(=O)Nc3ccccc3)c2c1)C(N)=O.O=C(Cc1cccs1)Nc1ccc2[nH]nc(C(=O)Nc3ccccc3)c2c1.O=C(N[C@H](CO)c1ccccc1)c1ccc2[nH]nc(C(=O)Nc3ccccc3)c2c1. The van der Waals surface area contributed by atoms with Crippen molar-refractivity contribution < 1.29 is 66.6 Å². The molecule has 674 valence electrons. The minimum atomic E-state index is -3.39. The second-order valence-electron chi connectivity index (χ2n) is 30.2. The molecule has 19 N–H and O–H groups in total. The molecule has 0 aliphatic carbocycles. The van der Waals surface area contributed by atoms with Crippen LogP contribution < -0.4 is 58.3 Å². The Balaban J connectivity index is 0.000000141. The molecule has 0 unspecified atom stereocenters. The summed E-state index contributed by atoms with van der Waals surface area (Å²) < 4.78 is 25.0. The lowest BCUT2D eigenvalue weighted by Crippen LogP contribution is -2.42. The van der Waals surface area contributed by atoms with Crippen molar-refractivity contribution in [1.29, 1.82) is 0 Å². The Labute approximate surface area is 763 Å². The molecule has 133 heavy (non-hydrogen) atoms. The van der Waals surface area contributed by atoms with Crippen LogP contribution in [0.25, 0.3) is 54.5 Å². The van der Waals surface area contributed by atoms with E-state index in [1.165, 1.54) is 6.92 Å². The predicted octanol–water partition coefficient (Wildman–Crippen LogP) is 13.5. The molecule has 0 fully saturated rings.